The van der Waals surface area contributed by atoms with Crippen LogP contribution in [0.15, 0.2) is 36.4 Å². The number of benzene rings is 1. The van der Waals surface area contributed by atoms with Crippen molar-refractivity contribution in [2.24, 2.45) is 17.4 Å². The molecule has 12 heteroatoms. The molecule has 5 rings (SSSR count). The van der Waals surface area contributed by atoms with Crippen LogP contribution in [0, 0.1) is 5.92 Å². The Balaban J connectivity index is 1.43. The first kappa shape index (κ1) is 22.8. The molecule has 0 radical (unpaired) electrons. The second-order valence-electron chi connectivity index (χ2n) is 8.77. The fraction of sp³-hybridized carbons (Fsp3) is 0.304. The molecule has 35 heavy (non-hydrogen) atoms. The van der Waals surface area contributed by atoms with Crippen LogP contribution in [-0.2, 0) is 16.1 Å². The molecule has 2 bridgehead atoms. The zero-order valence-electron chi connectivity index (χ0n) is 18.5. The number of hydrogen-bond acceptors (Lipinski definition) is 6. The molecule has 2 aliphatic rings. The minimum atomic E-state index is -0.797. The first-order valence-corrected chi connectivity index (χ1v) is 11.5. The lowest BCUT2D eigenvalue weighted by molar-refractivity contribution is -0.141. The van der Waals surface area contributed by atoms with Crippen LogP contribution in [0.1, 0.15) is 40.1 Å². The molecule has 5 N–H and O–H groups in total. The Hall–Kier alpha value is -3.99. The molecule has 3 atom stereocenters. The molecule has 3 heterocycles. The van der Waals surface area contributed by atoms with Gasteiger partial charge in [-0.05, 0) is 55.5 Å². The van der Waals surface area contributed by atoms with E-state index in [1.807, 2.05) is 0 Å². The van der Waals surface area contributed by atoms with Crippen LogP contribution in [0.4, 0.5) is 5.82 Å². The number of nitrogens with zero attached hydrogens (tertiary/aromatic N) is 4. The molecule has 1 aromatic carbocycles. The minimum absolute atomic E-state index is 0.0387. The Bertz CT molecular complexity index is 1390. The van der Waals surface area contributed by atoms with Crippen LogP contribution in [-0.4, -0.2) is 55.4 Å². The number of piperidine rings is 1. The smallest absolute Gasteiger partial charge is 0.269 e. The van der Waals surface area contributed by atoms with Gasteiger partial charge in [-0.25, -0.2) is 4.98 Å². The second-order valence-corrected chi connectivity index (χ2v) is 9.16. The van der Waals surface area contributed by atoms with E-state index in [1.165, 1.54) is 16.8 Å². The number of primary amides is 2. The van der Waals surface area contributed by atoms with Crippen LogP contribution in [0.5, 0.6) is 0 Å². The highest BCUT2D eigenvalue weighted by Gasteiger charge is 2.51. The van der Waals surface area contributed by atoms with Crippen molar-refractivity contribution in [3.8, 4) is 0 Å². The van der Waals surface area contributed by atoms with Crippen molar-refractivity contribution >= 4 is 52.0 Å². The van der Waals surface area contributed by atoms with Crippen molar-refractivity contribution in [1.82, 2.24) is 19.7 Å². The third kappa shape index (κ3) is 4.08. The van der Waals surface area contributed by atoms with Crippen molar-refractivity contribution in [2.45, 2.75) is 37.9 Å². The van der Waals surface area contributed by atoms with E-state index in [9.17, 15) is 19.2 Å². The van der Waals surface area contributed by atoms with Crippen LogP contribution in [0.2, 0.25) is 5.15 Å². The SMILES string of the molecule is NC(=O)c1ccc2c(c1)c(C(N)=O)nn2CC(=O)N1C(C(=O)Nc2cccc(Cl)n2)[C@H]2CC[C@@H]1C2. The van der Waals surface area contributed by atoms with E-state index in [2.05, 4.69) is 15.4 Å². The largest absolute Gasteiger partial charge is 0.366 e. The maximum atomic E-state index is 13.5. The summed E-state index contributed by atoms with van der Waals surface area (Å²) in [5, 5.41) is 7.57. The number of pyridine rings is 1. The highest BCUT2D eigenvalue weighted by atomic mass is 35.5. The summed E-state index contributed by atoms with van der Waals surface area (Å²) < 4.78 is 1.36. The number of anilines is 1. The van der Waals surface area contributed by atoms with Crippen LogP contribution >= 0.6 is 11.6 Å². The molecule has 1 aliphatic carbocycles. The monoisotopic (exact) mass is 495 g/mol. The molecule has 2 fully saturated rings. The van der Waals surface area contributed by atoms with Gasteiger partial charge in [0, 0.05) is 17.0 Å². The summed E-state index contributed by atoms with van der Waals surface area (Å²) in [6.45, 7) is -0.206. The molecule has 3 aromatic rings. The predicted octanol–water partition coefficient (Wildman–Crippen LogP) is 1.30. The number of aromatic nitrogens is 3. The lowest BCUT2D eigenvalue weighted by Crippen LogP contribution is -2.52. The summed E-state index contributed by atoms with van der Waals surface area (Å²) in [6.07, 6.45) is 2.40. The van der Waals surface area contributed by atoms with Gasteiger partial charge in [-0.1, -0.05) is 17.7 Å². The van der Waals surface area contributed by atoms with Crippen LogP contribution < -0.4 is 16.8 Å². The first-order chi connectivity index (χ1) is 16.7. The van der Waals surface area contributed by atoms with E-state index >= 15 is 0 Å². The molecule has 4 amide bonds. The van der Waals surface area contributed by atoms with E-state index < -0.39 is 17.9 Å². The molecule has 180 valence electrons. The fourth-order valence-electron chi connectivity index (χ4n) is 5.21. The lowest BCUT2D eigenvalue weighted by Gasteiger charge is -2.34. The van der Waals surface area contributed by atoms with Gasteiger partial charge in [-0.2, -0.15) is 5.10 Å². The zero-order chi connectivity index (χ0) is 24.9. The summed E-state index contributed by atoms with van der Waals surface area (Å²) in [4.78, 5) is 55.9. The second kappa shape index (κ2) is 8.66. The molecule has 0 spiro atoms. The number of nitrogens with two attached hydrogens (primary N) is 2. The number of likely N-dealkylation sites (tertiary alicyclic amines) is 1. The predicted molar refractivity (Wildman–Crippen MR) is 126 cm³/mol. The van der Waals surface area contributed by atoms with Gasteiger partial charge in [0.25, 0.3) is 5.91 Å². The van der Waals surface area contributed by atoms with Gasteiger partial charge in [0.05, 0.1) is 5.52 Å². The van der Waals surface area contributed by atoms with E-state index in [-0.39, 0.29) is 46.7 Å². The molecule has 1 saturated carbocycles. The average Bonchev–Trinajstić information content (AvgIpc) is 3.52. The van der Waals surface area contributed by atoms with E-state index in [0.717, 1.165) is 19.3 Å². The number of nitrogens with one attached hydrogen (secondary N) is 1. The molecular weight excluding hydrogens is 474 g/mol. The zero-order valence-corrected chi connectivity index (χ0v) is 19.2. The highest BCUT2D eigenvalue weighted by molar-refractivity contribution is 6.29. The molecule has 2 aromatic heterocycles. The molecular formula is C23H22ClN7O4. The Kier molecular flexibility index (Phi) is 5.64. The third-order valence-electron chi connectivity index (χ3n) is 6.66. The summed E-state index contributed by atoms with van der Waals surface area (Å²) in [5.74, 6) is -1.74. The van der Waals surface area contributed by atoms with Crippen LogP contribution in [0.3, 0.4) is 0 Å². The van der Waals surface area contributed by atoms with Gasteiger partial charge in [0.15, 0.2) is 5.69 Å². The quantitative estimate of drug-likeness (QED) is 0.436. The number of hydrogen-bond donors (Lipinski definition) is 3. The Morgan fingerprint density at radius 3 is 2.60 bits per heavy atom. The van der Waals surface area contributed by atoms with E-state index in [4.69, 9.17) is 23.1 Å². The minimum Gasteiger partial charge on any atom is -0.366 e. The van der Waals surface area contributed by atoms with Gasteiger partial charge in [-0.15, -0.1) is 0 Å². The number of carbonyl (C=O) groups is 4. The highest BCUT2D eigenvalue weighted by Crippen LogP contribution is 2.43. The topological polar surface area (TPSA) is 166 Å². The normalized spacial score (nSPS) is 20.8. The number of fused-ring (bicyclic) bond motifs is 3. The first-order valence-electron chi connectivity index (χ1n) is 11.1. The van der Waals surface area contributed by atoms with Crippen molar-refractivity contribution in [1.29, 1.82) is 0 Å². The summed E-state index contributed by atoms with van der Waals surface area (Å²) in [7, 11) is 0. The van der Waals surface area contributed by atoms with Crippen molar-refractivity contribution in [3.05, 3.63) is 52.8 Å². The standard InChI is InChI=1S/C23H22ClN7O4/c24-16-2-1-3-17(27-16)28-23(35)20-11-4-6-13(8-11)31(20)18(32)10-30-15-7-5-12(21(25)33)9-14(15)19(29-30)22(26)34/h1-3,5,7,9,11,13,20H,4,6,8,10H2,(H2,25,33)(H2,26,34)(H,27,28,35)/t11-,13+,20?/m0/s1. The average molecular weight is 496 g/mol. The number of halogens is 1. The maximum Gasteiger partial charge on any atom is 0.269 e. The van der Waals surface area contributed by atoms with Crippen LogP contribution in [0.25, 0.3) is 10.9 Å². The summed E-state index contributed by atoms with van der Waals surface area (Å²) >= 11 is 5.92. The van der Waals surface area contributed by atoms with E-state index in [0.29, 0.717) is 16.7 Å². The van der Waals surface area contributed by atoms with Gasteiger partial charge in [0.1, 0.15) is 23.6 Å². The molecule has 11 nitrogen and oxygen atoms in total. The number of carbonyl (C=O) groups excluding carboxylic acids is 4. The van der Waals surface area contributed by atoms with Gasteiger partial charge < -0.3 is 21.7 Å². The Morgan fingerprint density at radius 2 is 1.89 bits per heavy atom. The third-order valence-corrected chi connectivity index (χ3v) is 6.87. The number of amides is 4. The van der Waals surface area contributed by atoms with Crippen molar-refractivity contribution in [3.63, 3.8) is 0 Å². The van der Waals surface area contributed by atoms with Crippen molar-refractivity contribution < 1.29 is 19.2 Å². The summed E-state index contributed by atoms with van der Waals surface area (Å²) in [5.41, 5.74) is 11.4. The fourth-order valence-corrected chi connectivity index (χ4v) is 5.37. The van der Waals surface area contributed by atoms with Gasteiger partial charge in [-0.3, -0.25) is 23.9 Å². The van der Waals surface area contributed by atoms with Crippen molar-refractivity contribution in [2.75, 3.05) is 5.32 Å². The Labute approximate surface area is 204 Å². The molecule has 1 unspecified atom stereocenters. The lowest BCUT2D eigenvalue weighted by atomic mass is 9.97. The van der Waals surface area contributed by atoms with Gasteiger partial charge >= 0.3 is 0 Å². The summed E-state index contributed by atoms with van der Waals surface area (Å²) in [6, 6.07) is 8.68. The molecule has 1 saturated heterocycles. The number of rotatable bonds is 6. The maximum absolute atomic E-state index is 13.5. The Morgan fingerprint density at radius 1 is 1.09 bits per heavy atom. The van der Waals surface area contributed by atoms with Gasteiger partial charge in [0.2, 0.25) is 17.7 Å². The van der Waals surface area contributed by atoms with E-state index in [1.54, 1.807) is 29.2 Å². The molecule has 1 aliphatic heterocycles.